The number of methoxy groups -OCH3 is 1. The third kappa shape index (κ3) is 2.57. The molecule has 1 unspecified atom stereocenters. The van der Waals surface area contributed by atoms with E-state index in [2.05, 4.69) is 4.99 Å². The molecule has 0 spiro atoms. The molecule has 3 nitrogen and oxygen atoms in total. The molecule has 0 radical (unpaired) electrons. The molecule has 3 heteroatoms. The number of hydrogen-bond acceptors (Lipinski definition) is 2. The Morgan fingerprint density at radius 1 is 1.40 bits per heavy atom. The van der Waals surface area contributed by atoms with Gasteiger partial charge in [-0.15, -0.1) is 0 Å². The topological polar surface area (TPSA) is 47.6 Å². The molecule has 0 bridgehead atoms. The fraction of sp³-hybridized carbons (Fsp3) is 0.417. The zero-order valence-corrected chi connectivity index (χ0v) is 8.89. The van der Waals surface area contributed by atoms with Gasteiger partial charge in [-0.1, -0.05) is 30.3 Å². The van der Waals surface area contributed by atoms with Crippen LogP contribution in [0.15, 0.2) is 35.3 Å². The summed E-state index contributed by atoms with van der Waals surface area (Å²) in [6.07, 6.45) is 2.12. The monoisotopic (exact) mass is 204 g/mol. The van der Waals surface area contributed by atoms with Gasteiger partial charge in [0.25, 0.3) is 0 Å². The maximum absolute atomic E-state index is 5.93. The molecule has 1 atom stereocenters. The van der Waals surface area contributed by atoms with Crippen LogP contribution in [0.3, 0.4) is 0 Å². The van der Waals surface area contributed by atoms with Gasteiger partial charge in [0, 0.05) is 7.11 Å². The van der Waals surface area contributed by atoms with Gasteiger partial charge in [0.15, 0.2) is 0 Å². The van der Waals surface area contributed by atoms with Crippen molar-refractivity contribution in [3.05, 3.63) is 35.9 Å². The molecule has 1 aliphatic carbocycles. The van der Waals surface area contributed by atoms with E-state index in [1.54, 1.807) is 7.11 Å². The molecule has 1 aromatic rings. The van der Waals surface area contributed by atoms with E-state index >= 15 is 0 Å². The van der Waals surface area contributed by atoms with Crippen molar-refractivity contribution in [3.63, 3.8) is 0 Å². The van der Waals surface area contributed by atoms with Crippen LogP contribution in [0.5, 0.6) is 0 Å². The average molecular weight is 204 g/mol. The van der Waals surface area contributed by atoms with Gasteiger partial charge in [-0.2, -0.15) is 0 Å². The second-order valence-corrected chi connectivity index (χ2v) is 3.81. The lowest BCUT2D eigenvalue weighted by Crippen LogP contribution is -2.24. The Morgan fingerprint density at radius 2 is 2.07 bits per heavy atom. The quantitative estimate of drug-likeness (QED) is 0.601. The molecule has 1 aromatic carbocycles. The molecule has 0 heterocycles. The normalized spacial score (nSPS) is 18.9. The summed E-state index contributed by atoms with van der Waals surface area (Å²) in [5.41, 5.74) is 6.98. The van der Waals surface area contributed by atoms with Gasteiger partial charge in [0.05, 0.1) is 6.04 Å². The SMILES string of the molecule is COC(C(N)=NC1CC1)c1ccccc1. The third-order valence-electron chi connectivity index (χ3n) is 2.49. The zero-order chi connectivity index (χ0) is 10.7. The molecule has 1 fully saturated rings. The molecule has 0 saturated heterocycles. The van der Waals surface area contributed by atoms with Crippen LogP contribution in [0.1, 0.15) is 24.5 Å². The second-order valence-electron chi connectivity index (χ2n) is 3.81. The molecule has 0 aromatic heterocycles. The molecule has 1 aliphatic rings. The van der Waals surface area contributed by atoms with Crippen molar-refractivity contribution in [3.8, 4) is 0 Å². The van der Waals surface area contributed by atoms with Crippen molar-refractivity contribution >= 4 is 5.84 Å². The highest BCUT2D eigenvalue weighted by Gasteiger charge is 2.23. The summed E-state index contributed by atoms with van der Waals surface area (Å²) < 4.78 is 5.37. The minimum absolute atomic E-state index is 0.202. The fourth-order valence-electron chi connectivity index (χ4n) is 1.54. The molecular formula is C12H16N2O. The van der Waals surface area contributed by atoms with Gasteiger partial charge < -0.3 is 10.5 Å². The summed E-state index contributed by atoms with van der Waals surface area (Å²) in [5, 5.41) is 0. The third-order valence-corrected chi connectivity index (χ3v) is 2.49. The Bertz CT molecular complexity index is 344. The number of rotatable bonds is 4. The van der Waals surface area contributed by atoms with Crippen molar-refractivity contribution in [2.75, 3.05) is 7.11 Å². The van der Waals surface area contributed by atoms with Gasteiger partial charge in [-0.05, 0) is 18.4 Å². The smallest absolute Gasteiger partial charge is 0.139 e. The van der Waals surface area contributed by atoms with Gasteiger partial charge in [0.2, 0.25) is 0 Å². The summed E-state index contributed by atoms with van der Waals surface area (Å²) in [6.45, 7) is 0. The maximum Gasteiger partial charge on any atom is 0.139 e. The van der Waals surface area contributed by atoms with Crippen LogP contribution in [0, 0.1) is 0 Å². The highest BCUT2D eigenvalue weighted by Crippen LogP contribution is 2.25. The van der Waals surface area contributed by atoms with Crippen LogP contribution >= 0.6 is 0 Å². The first-order valence-corrected chi connectivity index (χ1v) is 5.22. The van der Waals surface area contributed by atoms with E-state index in [0.29, 0.717) is 11.9 Å². The van der Waals surface area contributed by atoms with Crippen molar-refractivity contribution in [2.45, 2.75) is 25.0 Å². The maximum atomic E-state index is 5.93. The first-order chi connectivity index (χ1) is 7.31. The number of benzene rings is 1. The Kier molecular flexibility index (Phi) is 3.02. The van der Waals surface area contributed by atoms with E-state index in [-0.39, 0.29) is 6.10 Å². The Hall–Kier alpha value is -1.35. The first-order valence-electron chi connectivity index (χ1n) is 5.22. The summed E-state index contributed by atoms with van der Waals surface area (Å²) in [5.74, 6) is 0.589. The fourth-order valence-corrected chi connectivity index (χ4v) is 1.54. The van der Waals surface area contributed by atoms with Gasteiger partial charge >= 0.3 is 0 Å². The molecule has 80 valence electrons. The van der Waals surface area contributed by atoms with Crippen LogP contribution in [0.2, 0.25) is 0 Å². The van der Waals surface area contributed by atoms with E-state index in [1.165, 1.54) is 0 Å². The largest absolute Gasteiger partial charge is 0.385 e. The molecule has 0 amide bonds. The van der Waals surface area contributed by atoms with E-state index in [9.17, 15) is 0 Å². The van der Waals surface area contributed by atoms with Crippen molar-refractivity contribution in [1.29, 1.82) is 0 Å². The summed E-state index contributed by atoms with van der Waals surface area (Å²) in [6, 6.07) is 10.4. The minimum atomic E-state index is -0.202. The van der Waals surface area contributed by atoms with E-state index in [4.69, 9.17) is 10.5 Å². The lowest BCUT2D eigenvalue weighted by atomic mass is 10.1. The number of nitrogens with two attached hydrogens (primary N) is 1. The summed E-state index contributed by atoms with van der Waals surface area (Å²) in [7, 11) is 1.66. The van der Waals surface area contributed by atoms with Crippen LogP contribution in [-0.4, -0.2) is 19.0 Å². The van der Waals surface area contributed by atoms with Gasteiger partial charge in [-0.25, -0.2) is 0 Å². The highest BCUT2D eigenvalue weighted by molar-refractivity contribution is 5.86. The van der Waals surface area contributed by atoms with Crippen molar-refractivity contribution in [1.82, 2.24) is 0 Å². The molecule has 2 N–H and O–H groups in total. The predicted molar refractivity (Wildman–Crippen MR) is 60.8 cm³/mol. The van der Waals surface area contributed by atoms with Crippen molar-refractivity contribution < 1.29 is 4.74 Å². The molecule has 2 rings (SSSR count). The minimum Gasteiger partial charge on any atom is -0.385 e. The van der Waals surface area contributed by atoms with Gasteiger partial charge in [-0.3, -0.25) is 4.99 Å². The highest BCUT2D eigenvalue weighted by atomic mass is 16.5. The number of nitrogens with zero attached hydrogens (tertiary/aromatic N) is 1. The number of aliphatic imine (C=N–C) groups is 1. The standard InChI is InChI=1S/C12H16N2O/c1-15-11(9-5-3-2-4-6-9)12(13)14-10-7-8-10/h2-6,10-11H,7-8H2,1H3,(H2,13,14). The lowest BCUT2D eigenvalue weighted by molar-refractivity contribution is 0.156. The number of ether oxygens (including phenoxy) is 1. The lowest BCUT2D eigenvalue weighted by Gasteiger charge is -2.15. The zero-order valence-electron chi connectivity index (χ0n) is 8.89. The number of amidine groups is 1. The van der Waals surface area contributed by atoms with E-state index in [0.717, 1.165) is 18.4 Å². The van der Waals surface area contributed by atoms with E-state index in [1.807, 2.05) is 30.3 Å². The molecule has 1 saturated carbocycles. The van der Waals surface area contributed by atoms with E-state index < -0.39 is 0 Å². The average Bonchev–Trinajstić information content (AvgIpc) is 3.04. The first kappa shape index (κ1) is 10.2. The van der Waals surface area contributed by atoms with Crippen LogP contribution in [-0.2, 0) is 4.74 Å². The van der Waals surface area contributed by atoms with Crippen LogP contribution < -0.4 is 5.73 Å². The van der Waals surface area contributed by atoms with Gasteiger partial charge in [0.1, 0.15) is 11.9 Å². The van der Waals surface area contributed by atoms with Crippen molar-refractivity contribution in [2.24, 2.45) is 10.7 Å². The Balaban J connectivity index is 2.16. The molecule has 15 heavy (non-hydrogen) atoms. The molecular weight excluding hydrogens is 188 g/mol. The molecule has 0 aliphatic heterocycles. The predicted octanol–water partition coefficient (Wildman–Crippen LogP) is 1.89. The van der Waals surface area contributed by atoms with Crippen LogP contribution in [0.25, 0.3) is 0 Å². The summed E-state index contributed by atoms with van der Waals surface area (Å²) >= 11 is 0. The number of hydrogen-bond donors (Lipinski definition) is 1. The Morgan fingerprint density at radius 3 is 2.60 bits per heavy atom. The summed E-state index contributed by atoms with van der Waals surface area (Å²) in [4.78, 5) is 4.41. The van der Waals surface area contributed by atoms with Crippen LogP contribution in [0.4, 0.5) is 0 Å². The second kappa shape index (κ2) is 4.45. The Labute approximate surface area is 90.0 Å².